The van der Waals surface area contributed by atoms with E-state index in [0.29, 0.717) is 0 Å². The maximum atomic E-state index is 4.97. The minimum absolute atomic E-state index is 0.931. The number of rotatable bonds is 12. The predicted octanol–water partition coefficient (Wildman–Crippen LogP) is 18.5. The zero-order valence-corrected chi connectivity index (χ0v) is 44.2. The fraction of sp³-hybridized carbons (Fsp3) is 0.118. The number of pyridine rings is 4. The second-order valence-corrected chi connectivity index (χ2v) is 19.8. The van der Waals surface area contributed by atoms with Gasteiger partial charge >= 0.3 is 0 Å². The molecule has 0 spiro atoms. The summed E-state index contributed by atoms with van der Waals surface area (Å²) in [6.45, 7) is 17.2. The summed E-state index contributed by atoms with van der Waals surface area (Å²) in [5, 5.41) is 6.65. The number of aromatic nitrogens is 4. The normalized spacial score (nSPS) is 11.4. The molecule has 76 heavy (non-hydrogen) atoms. The smallest absolute Gasteiger partial charge is 0.0703 e. The van der Waals surface area contributed by atoms with Crippen LogP contribution in [0.4, 0.5) is 68.2 Å². The molecule has 0 aliphatic carbocycles. The highest BCUT2D eigenvalue weighted by molar-refractivity contribution is 6.33. The van der Waals surface area contributed by atoms with Crippen LogP contribution in [0.3, 0.4) is 0 Å². The summed E-state index contributed by atoms with van der Waals surface area (Å²) in [6.07, 6.45) is 7.65. The van der Waals surface area contributed by atoms with Gasteiger partial charge in [0, 0.05) is 79.9 Å². The Morgan fingerprint density at radius 2 is 0.461 bits per heavy atom. The highest BCUT2D eigenvalue weighted by atomic mass is 15.2. The third-order valence-corrected chi connectivity index (χ3v) is 15.0. The summed E-state index contributed by atoms with van der Waals surface area (Å²) in [5.74, 6) is 0. The fourth-order valence-corrected chi connectivity index (χ4v) is 11.6. The molecule has 12 aromatic rings. The maximum Gasteiger partial charge on any atom is 0.0703 e. The van der Waals surface area contributed by atoms with Gasteiger partial charge in [0.2, 0.25) is 0 Å². The van der Waals surface area contributed by atoms with Crippen LogP contribution < -0.4 is 19.6 Å². The van der Waals surface area contributed by atoms with E-state index in [1.165, 1.54) is 0 Å². The minimum Gasteiger partial charge on any atom is -0.308 e. The Balaban J connectivity index is 1.33. The summed E-state index contributed by atoms with van der Waals surface area (Å²) in [6, 6.07) is 65.7. The quantitative estimate of drug-likeness (QED) is 0.112. The average molecular weight is 987 g/mol. The summed E-state index contributed by atoms with van der Waals surface area (Å²) in [7, 11) is 0. The van der Waals surface area contributed by atoms with E-state index in [2.05, 4.69) is 257 Å². The monoisotopic (exact) mass is 986 g/mol. The van der Waals surface area contributed by atoms with Crippen molar-refractivity contribution in [2.24, 2.45) is 0 Å². The van der Waals surface area contributed by atoms with E-state index in [9.17, 15) is 0 Å². The lowest BCUT2D eigenvalue weighted by molar-refractivity contribution is 1.12. The second kappa shape index (κ2) is 19.5. The van der Waals surface area contributed by atoms with Crippen LogP contribution in [-0.4, -0.2) is 19.9 Å². The molecule has 0 N–H and O–H groups in total. The topological polar surface area (TPSA) is 64.5 Å². The van der Waals surface area contributed by atoms with Crippen LogP contribution in [0.5, 0.6) is 0 Å². The first-order valence-corrected chi connectivity index (χ1v) is 26.0. The van der Waals surface area contributed by atoms with E-state index in [4.69, 9.17) is 19.9 Å². The number of hydrogen-bond acceptors (Lipinski definition) is 8. The Bertz CT molecular complexity index is 3500. The van der Waals surface area contributed by atoms with E-state index in [-0.39, 0.29) is 0 Å². The van der Waals surface area contributed by atoms with Crippen LogP contribution in [0.15, 0.2) is 207 Å². The number of hydrogen-bond donors (Lipinski definition) is 0. The first-order chi connectivity index (χ1) is 37.1. The highest BCUT2D eigenvalue weighted by Gasteiger charge is 2.31. The molecular formula is C68H58N8. The molecule has 0 aliphatic rings. The molecule has 8 heteroatoms. The van der Waals surface area contributed by atoms with Crippen molar-refractivity contribution in [3.05, 3.63) is 252 Å². The molecule has 0 unspecified atom stereocenters. The van der Waals surface area contributed by atoms with Crippen LogP contribution >= 0.6 is 0 Å². The molecule has 370 valence electrons. The van der Waals surface area contributed by atoms with E-state index in [1.807, 2.05) is 24.8 Å². The van der Waals surface area contributed by atoms with Crippen molar-refractivity contribution >= 4 is 101 Å². The molecule has 8 aromatic carbocycles. The number of aryl methyl sites for hydroxylation is 8. The molecule has 4 heterocycles. The van der Waals surface area contributed by atoms with Gasteiger partial charge in [0.1, 0.15) is 0 Å². The fourth-order valence-electron chi connectivity index (χ4n) is 11.6. The maximum absolute atomic E-state index is 4.97. The first-order valence-electron chi connectivity index (χ1n) is 26.0. The molecule has 4 aromatic heterocycles. The highest BCUT2D eigenvalue weighted by Crippen LogP contribution is 2.56. The van der Waals surface area contributed by atoms with Crippen LogP contribution in [0.1, 0.15) is 45.0 Å². The van der Waals surface area contributed by atoms with Gasteiger partial charge in [-0.05, 0) is 163 Å². The van der Waals surface area contributed by atoms with Crippen molar-refractivity contribution < 1.29 is 0 Å². The zero-order chi connectivity index (χ0) is 52.2. The van der Waals surface area contributed by atoms with Crippen molar-refractivity contribution in [3.8, 4) is 0 Å². The molecule has 12 rings (SSSR count). The van der Waals surface area contributed by atoms with Crippen molar-refractivity contribution in [1.82, 2.24) is 19.9 Å². The van der Waals surface area contributed by atoms with Gasteiger partial charge in [-0.1, -0.05) is 97.1 Å². The standard InChI is InChI=1S/C68H58N8/c1-43-33-37-69-47(5)65(43)73(51-21-13-9-14-22-51)59-41-60(74(52-23-15-10-16-24-52)66-44(2)34-38-70-48(66)6)56-31-32-58-62(76(54-27-19-12-20-28-54)68-46(4)36-40-72-50(68)8)42-61(57-30-29-55(59)63(56)64(57)58)75(53-25-17-11-18-26-53)67-45(3)35-39-71-49(67)7/h9-42H,1-8H3. The lowest BCUT2D eigenvalue weighted by Gasteiger charge is -2.36. The Morgan fingerprint density at radius 3 is 0.658 bits per heavy atom. The van der Waals surface area contributed by atoms with Gasteiger partial charge in [-0.2, -0.15) is 0 Å². The SMILES string of the molecule is Cc1ccnc(C)c1N(c1ccccc1)c1cc(N(c2ccccc2)c2c(C)ccnc2C)c2ccc3c(N(c4ccccc4)c4c(C)ccnc4C)cc(N(c4ccccc4)c4c(C)ccnc4C)c4ccc1c2c43. The first kappa shape index (κ1) is 47.6. The molecule has 0 aliphatic heterocycles. The molecular weight excluding hydrogens is 929 g/mol. The number of para-hydroxylation sites is 4. The van der Waals surface area contributed by atoms with Gasteiger partial charge in [-0.15, -0.1) is 0 Å². The Morgan fingerprint density at radius 1 is 0.250 bits per heavy atom. The lowest BCUT2D eigenvalue weighted by atomic mass is 9.88. The Hall–Kier alpha value is -9.40. The summed E-state index contributed by atoms with van der Waals surface area (Å²) < 4.78 is 0. The van der Waals surface area contributed by atoms with Crippen molar-refractivity contribution in [2.45, 2.75) is 55.4 Å². The van der Waals surface area contributed by atoms with Crippen molar-refractivity contribution in [2.75, 3.05) is 19.6 Å². The van der Waals surface area contributed by atoms with Crippen LogP contribution in [0.2, 0.25) is 0 Å². The van der Waals surface area contributed by atoms with E-state index in [0.717, 1.165) is 146 Å². The molecule has 0 bridgehead atoms. The number of benzene rings is 8. The van der Waals surface area contributed by atoms with Gasteiger partial charge in [0.05, 0.1) is 68.3 Å². The molecule has 0 amide bonds. The molecule has 0 atom stereocenters. The van der Waals surface area contributed by atoms with Crippen LogP contribution in [-0.2, 0) is 0 Å². The van der Waals surface area contributed by atoms with Crippen LogP contribution in [0.25, 0.3) is 32.3 Å². The van der Waals surface area contributed by atoms with Gasteiger partial charge in [-0.3, -0.25) is 19.9 Å². The van der Waals surface area contributed by atoms with E-state index in [1.54, 1.807) is 0 Å². The predicted molar refractivity (Wildman–Crippen MR) is 318 cm³/mol. The average Bonchev–Trinajstić information content (AvgIpc) is 3.59. The minimum atomic E-state index is 0.931. The third kappa shape index (κ3) is 8.01. The van der Waals surface area contributed by atoms with Gasteiger partial charge in [0.25, 0.3) is 0 Å². The molecule has 8 nitrogen and oxygen atoms in total. The third-order valence-electron chi connectivity index (χ3n) is 15.0. The van der Waals surface area contributed by atoms with Crippen LogP contribution in [0, 0.1) is 55.4 Å². The van der Waals surface area contributed by atoms with E-state index < -0.39 is 0 Å². The van der Waals surface area contributed by atoms with Crippen molar-refractivity contribution in [3.63, 3.8) is 0 Å². The lowest BCUT2D eigenvalue weighted by Crippen LogP contribution is -2.18. The number of nitrogens with zero attached hydrogens (tertiary/aromatic N) is 8. The zero-order valence-electron chi connectivity index (χ0n) is 44.2. The molecule has 0 fully saturated rings. The Kier molecular flexibility index (Phi) is 12.2. The van der Waals surface area contributed by atoms with E-state index >= 15 is 0 Å². The van der Waals surface area contributed by atoms with Gasteiger partial charge < -0.3 is 19.6 Å². The molecule has 0 saturated carbocycles. The summed E-state index contributed by atoms with van der Waals surface area (Å²) >= 11 is 0. The summed E-state index contributed by atoms with van der Waals surface area (Å²) in [4.78, 5) is 29.6. The number of anilines is 12. The van der Waals surface area contributed by atoms with Gasteiger partial charge in [-0.25, -0.2) is 0 Å². The van der Waals surface area contributed by atoms with Crippen molar-refractivity contribution in [1.29, 1.82) is 0 Å². The largest absolute Gasteiger partial charge is 0.308 e. The van der Waals surface area contributed by atoms with Gasteiger partial charge in [0.15, 0.2) is 0 Å². The molecule has 0 saturated heterocycles. The summed E-state index contributed by atoms with van der Waals surface area (Å²) in [5.41, 5.74) is 20.5. The molecule has 0 radical (unpaired) electrons. The Labute approximate surface area is 445 Å². The second-order valence-electron chi connectivity index (χ2n) is 19.8.